The lowest BCUT2D eigenvalue weighted by Gasteiger charge is -2.26. The van der Waals surface area contributed by atoms with Crippen molar-refractivity contribution in [3.8, 4) is 0 Å². The zero-order valence-electron chi connectivity index (χ0n) is 10.6. The molecule has 1 aliphatic rings. The van der Waals surface area contributed by atoms with Crippen LogP contribution in [0.2, 0.25) is 0 Å². The summed E-state index contributed by atoms with van der Waals surface area (Å²) in [5.74, 6) is 0. The van der Waals surface area contributed by atoms with Gasteiger partial charge in [0.15, 0.2) is 0 Å². The minimum absolute atomic E-state index is 0.0599. The van der Waals surface area contributed by atoms with E-state index < -0.39 is 16.4 Å². The monoisotopic (exact) mass is 290 g/mol. The maximum atomic E-state index is 12.8. The summed E-state index contributed by atoms with van der Waals surface area (Å²) in [6.07, 6.45) is -2.67. The van der Waals surface area contributed by atoms with E-state index in [1.54, 1.807) is 6.92 Å². The Balaban J connectivity index is 2.37. The second-order valence-electron chi connectivity index (χ2n) is 4.47. The highest BCUT2D eigenvalue weighted by Crippen LogP contribution is 2.26. The van der Waals surface area contributed by atoms with E-state index in [1.807, 2.05) is 0 Å². The first-order chi connectivity index (χ1) is 8.93. The van der Waals surface area contributed by atoms with Gasteiger partial charge in [-0.25, -0.2) is 17.2 Å². The molecular formula is C12H16F2N2O2S. The molecule has 2 rings (SSSR count). The van der Waals surface area contributed by atoms with E-state index in [2.05, 4.69) is 5.32 Å². The summed E-state index contributed by atoms with van der Waals surface area (Å²) in [7, 11) is -3.67. The molecule has 0 spiro atoms. The highest BCUT2D eigenvalue weighted by Gasteiger charge is 2.27. The molecule has 106 valence electrons. The Morgan fingerprint density at radius 3 is 2.47 bits per heavy atom. The summed E-state index contributed by atoms with van der Waals surface area (Å²) in [6.45, 7) is 3.42. The molecule has 19 heavy (non-hydrogen) atoms. The predicted molar refractivity (Wildman–Crippen MR) is 67.8 cm³/mol. The van der Waals surface area contributed by atoms with Crippen LogP contribution in [-0.2, 0) is 10.0 Å². The summed E-state index contributed by atoms with van der Waals surface area (Å²) in [5, 5.41) is 3.05. The van der Waals surface area contributed by atoms with E-state index in [-0.39, 0.29) is 10.5 Å². The number of alkyl halides is 2. The van der Waals surface area contributed by atoms with Crippen molar-refractivity contribution in [2.24, 2.45) is 0 Å². The number of sulfonamides is 1. The zero-order valence-corrected chi connectivity index (χ0v) is 11.4. The van der Waals surface area contributed by atoms with Crippen LogP contribution < -0.4 is 5.32 Å². The van der Waals surface area contributed by atoms with Crippen LogP contribution in [0.15, 0.2) is 23.1 Å². The van der Waals surface area contributed by atoms with E-state index in [4.69, 9.17) is 0 Å². The molecule has 0 unspecified atom stereocenters. The van der Waals surface area contributed by atoms with Gasteiger partial charge in [0.05, 0.1) is 4.90 Å². The highest BCUT2D eigenvalue weighted by atomic mass is 32.2. The normalized spacial score (nSPS) is 17.9. The topological polar surface area (TPSA) is 49.4 Å². The fraction of sp³-hybridized carbons (Fsp3) is 0.500. The lowest BCUT2D eigenvalue weighted by molar-refractivity contribution is 0.150. The highest BCUT2D eigenvalue weighted by molar-refractivity contribution is 7.89. The van der Waals surface area contributed by atoms with Crippen molar-refractivity contribution >= 4 is 10.0 Å². The molecule has 1 heterocycles. The molecule has 1 aromatic rings. The van der Waals surface area contributed by atoms with Crippen LogP contribution in [0.4, 0.5) is 8.78 Å². The van der Waals surface area contributed by atoms with Gasteiger partial charge in [0.2, 0.25) is 10.0 Å². The molecule has 0 amide bonds. The van der Waals surface area contributed by atoms with Gasteiger partial charge in [-0.15, -0.1) is 0 Å². The maximum Gasteiger partial charge on any atom is 0.264 e. The number of halogens is 2. The third-order valence-electron chi connectivity index (χ3n) is 3.20. The summed E-state index contributed by atoms with van der Waals surface area (Å²) < 4.78 is 51.6. The Morgan fingerprint density at radius 2 is 1.89 bits per heavy atom. The SMILES string of the molecule is Cc1ccc(S(=O)(=O)N2CCNCC2)cc1C(F)F. The molecule has 1 aliphatic heterocycles. The fourth-order valence-electron chi connectivity index (χ4n) is 2.05. The number of nitrogens with one attached hydrogen (secondary N) is 1. The largest absolute Gasteiger partial charge is 0.314 e. The summed E-state index contributed by atoms with van der Waals surface area (Å²) in [4.78, 5) is -0.0599. The molecule has 4 nitrogen and oxygen atoms in total. The van der Waals surface area contributed by atoms with Gasteiger partial charge < -0.3 is 5.32 Å². The molecular weight excluding hydrogens is 274 g/mol. The van der Waals surface area contributed by atoms with Gasteiger partial charge in [-0.3, -0.25) is 0 Å². The number of benzene rings is 1. The smallest absolute Gasteiger partial charge is 0.264 e. The Bertz CT molecular complexity index is 555. The van der Waals surface area contributed by atoms with Crippen LogP contribution in [0.1, 0.15) is 17.6 Å². The minimum Gasteiger partial charge on any atom is -0.314 e. The predicted octanol–water partition coefficient (Wildman–Crippen LogP) is 1.53. The molecule has 1 saturated heterocycles. The second-order valence-corrected chi connectivity index (χ2v) is 6.41. The second kappa shape index (κ2) is 5.52. The van der Waals surface area contributed by atoms with E-state index in [0.717, 1.165) is 6.07 Å². The van der Waals surface area contributed by atoms with Gasteiger partial charge in [0.25, 0.3) is 6.43 Å². The van der Waals surface area contributed by atoms with Gasteiger partial charge in [0.1, 0.15) is 0 Å². The average Bonchev–Trinajstić information content (AvgIpc) is 2.39. The lowest BCUT2D eigenvalue weighted by Crippen LogP contribution is -2.46. The van der Waals surface area contributed by atoms with Crippen LogP contribution in [0.3, 0.4) is 0 Å². The number of hydrogen-bond acceptors (Lipinski definition) is 3. The lowest BCUT2D eigenvalue weighted by atomic mass is 10.1. The fourth-order valence-corrected chi connectivity index (χ4v) is 3.53. The molecule has 1 N–H and O–H groups in total. The summed E-state index contributed by atoms with van der Waals surface area (Å²) in [6, 6.07) is 3.90. The molecule has 0 atom stereocenters. The first-order valence-corrected chi connectivity index (χ1v) is 7.46. The molecule has 0 saturated carbocycles. The average molecular weight is 290 g/mol. The van der Waals surface area contributed by atoms with Gasteiger partial charge >= 0.3 is 0 Å². The Morgan fingerprint density at radius 1 is 1.26 bits per heavy atom. The quantitative estimate of drug-likeness (QED) is 0.918. The minimum atomic E-state index is -3.67. The van der Waals surface area contributed by atoms with Crippen LogP contribution in [0.5, 0.6) is 0 Å². The summed E-state index contributed by atoms with van der Waals surface area (Å²) in [5.41, 5.74) is 0.172. The number of hydrogen-bond donors (Lipinski definition) is 1. The van der Waals surface area contributed by atoms with Gasteiger partial charge in [-0.2, -0.15) is 4.31 Å². The van der Waals surface area contributed by atoms with E-state index in [1.165, 1.54) is 16.4 Å². The van der Waals surface area contributed by atoms with E-state index in [9.17, 15) is 17.2 Å². The first-order valence-electron chi connectivity index (χ1n) is 6.02. The molecule has 0 bridgehead atoms. The first kappa shape index (κ1) is 14.4. The summed E-state index contributed by atoms with van der Waals surface area (Å²) >= 11 is 0. The van der Waals surface area contributed by atoms with E-state index >= 15 is 0 Å². The Labute approximate surface area is 111 Å². The Hall–Kier alpha value is -1.05. The third-order valence-corrected chi connectivity index (χ3v) is 5.09. The molecule has 1 fully saturated rings. The van der Waals surface area contributed by atoms with Crippen LogP contribution in [-0.4, -0.2) is 38.9 Å². The van der Waals surface area contributed by atoms with Crippen molar-refractivity contribution in [2.75, 3.05) is 26.2 Å². The van der Waals surface area contributed by atoms with Crippen molar-refractivity contribution in [1.82, 2.24) is 9.62 Å². The maximum absolute atomic E-state index is 12.8. The van der Waals surface area contributed by atoms with Crippen molar-refractivity contribution in [1.29, 1.82) is 0 Å². The molecule has 0 aliphatic carbocycles. The van der Waals surface area contributed by atoms with Crippen LogP contribution in [0.25, 0.3) is 0 Å². The number of aryl methyl sites for hydroxylation is 1. The molecule has 0 radical (unpaired) electrons. The van der Waals surface area contributed by atoms with Gasteiger partial charge in [-0.05, 0) is 24.6 Å². The molecule has 1 aromatic carbocycles. The van der Waals surface area contributed by atoms with Crippen LogP contribution in [0, 0.1) is 6.92 Å². The van der Waals surface area contributed by atoms with Crippen molar-refractivity contribution in [2.45, 2.75) is 18.2 Å². The molecule has 7 heteroatoms. The molecule has 0 aromatic heterocycles. The number of nitrogens with zero attached hydrogens (tertiary/aromatic N) is 1. The van der Waals surface area contributed by atoms with Gasteiger partial charge in [-0.1, -0.05) is 6.07 Å². The standard InChI is InChI=1S/C12H16F2N2O2S/c1-9-2-3-10(8-11(9)12(13)14)19(17,18)16-6-4-15-5-7-16/h2-3,8,12,15H,4-7H2,1H3. The third kappa shape index (κ3) is 2.93. The van der Waals surface area contributed by atoms with Crippen molar-refractivity contribution in [3.63, 3.8) is 0 Å². The van der Waals surface area contributed by atoms with Crippen molar-refractivity contribution in [3.05, 3.63) is 29.3 Å². The van der Waals surface area contributed by atoms with Crippen molar-refractivity contribution < 1.29 is 17.2 Å². The number of piperazine rings is 1. The number of rotatable bonds is 3. The van der Waals surface area contributed by atoms with E-state index in [0.29, 0.717) is 31.7 Å². The van der Waals surface area contributed by atoms with Gasteiger partial charge in [0, 0.05) is 31.7 Å². The van der Waals surface area contributed by atoms with Crippen LogP contribution >= 0.6 is 0 Å². The Kier molecular flexibility index (Phi) is 4.17. The zero-order chi connectivity index (χ0) is 14.0.